The van der Waals surface area contributed by atoms with Crippen LogP contribution in [-0.2, 0) is 10.3 Å². The van der Waals surface area contributed by atoms with Crippen molar-refractivity contribution in [1.82, 2.24) is 9.55 Å². The van der Waals surface area contributed by atoms with Crippen molar-refractivity contribution in [2.45, 2.75) is 12.0 Å². The number of aldehydes is 1. The minimum atomic E-state index is -0.781. The van der Waals surface area contributed by atoms with Crippen LogP contribution in [0.1, 0.15) is 33.6 Å². The van der Waals surface area contributed by atoms with Crippen molar-refractivity contribution >= 4 is 12.1 Å². The van der Waals surface area contributed by atoms with Crippen LogP contribution in [0, 0.1) is 11.8 Å². The number of Topliss-reactive ketones (excluding diaryl/α,β-unsaturated/α-hetero) is 1. The molecule has 0 radical (unpaired) electrons. The van der Waals surface area contributed by atoms with Crippen LogP contribution in [0.15, 0.2) is 104 Å². The van der Waals surface area contributed by atoms with E-state index in [2.05, 4.69) is 41.4 Å². The van der Waals surface area contributed by atoms with Gasteiger partial charge in [0.05, 0.1) is 12.5 Å². The molecule has 0 bridgehead atoms. The highest BCUT2D eigenvalue weighted by molar-refractivity contribution is 6.00. The van der Waals surface area contributed by atoms with Crippen LogP contribution in [0.3, 0.4) is 0 Å². The molecule has 4 nitrogen and oxygen atoms in total. The monoisotopic (exact) mass is 406 g/mol. The predicted molar refractivity (Wildman–Crippen MR) is 119 cm³/mol. The minimum Gasteiger partial charge on any atom is -0.309 e. The molecule has 0 N–H and O–H groups in total. The summed E-state index contributed by atoms with van der Waals surface area (Å²) in [5, 5.41) is 0. The first-order valence-corrected chi connectivity index (χ1v) is 10.5. The van der Waals surface area contributed by atoms with E-state index in [1.165, 1.54) is 0 Å². The molecule has 0 unspecified atom stereocenters. The van der Waals surface area contributed by atoms with Crippen LogP contribution in [0.5, 0.6) is 0 Å². The molecular weight excluding hydrogens is 384 g/mol. The van der Waals surface area contributed by atoms with Crippen molar-refractivity contribution in [2.24, 2.45) is 11.8 Å². The average Bonchev–Trinajstić information content (AvgIpc) is 3.48. The molecule has 1 fully saturated rings. The smallest absolute Gasteiger partial charge is 0.184 e. The standard InChI is InChI=1S/C27H22N2O2/c30-18-20-16-24(20)26(31)25-17-28-19-29(25)27(21-10-4-1-5-11-21,22-12-6-2-7-13-22)23-14-8-3-9-15-23/h1-15,17-20,24H,16H2/t20-,24-/m0/s1. The lowest BCUT2D eigenvalue weighted by Gasteiger charge is -2.38. The molecule has 2 atom stereocenters. The van der Waals surface area contributed by atoms with E-state index >= 15 is 0 Å². The third kappa shape index (κ3) is 3.12. The Kier molecular flexibility index (Phi) is 4.83. The number of hydrogen-bond acceptors (Lipinski definition) is 3. The summed E-state index contributed by atoms with van der Waals surface area (Å²) in [6, 6.07) is 30.5. The lowest BCUT2D eigenvalue weighted by molar-refractivity contribution is -0.109. The van der Waals surface area contributed by atoms with Crippen LogP contribution in [0.25, 0.3) is 0 Å². The zero-order valence-electron chi connectivity index (χ0n) is 17.0. The van der Waals surface area contributed by atoms with Gasteiger partial charge in [0.2, 0.25) is 0 Å². The lowest BCUT2D eigenvalue weighted by atomic mass is 9.76. The first-order chi connectivity index (χ1) is 15.3. The highest BCUT2D eigenvalue weighted by atomic mass is 16.1. The largest absolute Gasteiger partial charge is 0.309 e. The molecule has 3 aromatic carbocycles. The molecule has 4 heteroatoms. The van der Waals surface area contributed by atoms with Gasteiger partial charge in [0, 0.05) is 11.8 Å². The van der Waals surface area contributed by atoms with Gasteiger partial charge in [-0.15, -0.1) is 0 Å². The van der Waals surface area contributed by atoms with Gasteiger partial charge in [-0.25, -0.2) is 4.98 Å². The molecule has 1 saturated carbocycles. The van der Waals surface area contributed by atoms with Crippen LogP contribution in [-0.4, -0.2) is 21.6 Å². The third-order valence-corrected chi connectivity index (χ3v) is 6.18. The number of carbonyl (C=O) groups is 2. The minimum absolute atomic E-state index is 0.0261. The van der Waals surface area contributed by atoms with Crippen molar-refractivity contribution in [1.29, 1.82) is 0 Å². The van der Waals surface area contributed by atoms with E-state index < -0.39 is 5.54 Å². The molecule has 1 aliphatic rings. The molecule has 1 heterocycles. The van der Waals surface area contributed by atoms with Gasteiger partial charge < -0.3 is 9.36 Å². The molecule has 152 valence electrons. The number of hydrogen-bond donors (Lipinski definition) is 0. The van der Waals surface area contributed by atoms with Crippen LogP contribution < -0.4 is 0 Å². The summed E-state index contributed by atoms with van der Waals surface area (Å²) in [6.07, 6.45) is 4.87. The van der Waals surface area contributed by atoms with E-state index in [9.17, 15) is 9.59 Å². The first kappa shape index (κ1) is 19.2. The Morgan fingerprint density at radius 2 is 1.32 bits per heavy atom. The number of imidazole rings is 1. The normalized spacial score (nSPS) is 17.8. The Bertz CT molecular complexity index is 1100. The van der Waals surface area contributed by atoms with Crippen LogP contribution in [0.2, 0.25) is 0 Å². The molecule has 31 heavy (non-hydrogen) atoms. The second kappa shape index (κ2) is 7.80. The van der Waals surface area contributed by atoms with Gasteiger partial charge in [-0.2, -0.15) is 0 Å². The van der Waals surface area contributed by atoms with Gasteiger partial charge in [-0.1, -0.05) is 91.0 Å². The molecule has 5 rings (SSSR count). The molecule has 0 spiro atoms. The number of ketones is 1. The third-order valence-electron chi connectivity index (χ3n) is 6.18. The van der Waals surface area contributed by atoms with E-state index in [1.54, 1.807) is 12.5 Å². The maximum Gasteiger partial charge on any atom is 0.184 e. The van der Waals surface area contributed by atoms with Crippen molar-refractivity contribution < 1.29 is 9.59 Å². The van der Waals surface area contributed by atoms with Crippen LogP contribution >= 0.6 is 0 Å². The molecule has 4 aromatic rings. The summed E-state index contributed by atoms with van der Waals surface area (Å²) in [6.45, 7) is 0. The lowest BCUT2D eigenvalue weighted by Crippen LogP contribution is -2.39. The number of rotatable bonds is 7. The average molecular weight is 406 g/mol. The molecule has 0 amide bonds. The van der Waals surface area contributed by atoms with Gasteiger partial charge >= 0.3 is 0 Å². The Morgan fingerprint density at radius 3 is 1.74 bits per heavy atom. The van der Waals surface area contributed by atoms with E-state index in [0.717, 1.165) is 23.0 Å². The fourth-order valence-corrected chi connectivity index (χ4v) is 4.56. The number of nitrogens with zero attached hydrogens (tertiary/aromatic N) is 2. The van der Waals surface area contributed by atoms with E-state index in [-0.39, 0.29) is 17.6 Å². The van der Waals surface area contributed by atoms with Gasteiger partial charge in [-0.05, 0) is 23.1 Å². The van der Waals surface area contributed by atoms with Gasteiger partial charge in [-0.3, -0.25) is 4.79 Å². The Hall–Kier alpha value is -3.79. The summed E-state index contributed by atoms with van der Waals surface area (Å²) in [5.74, 6) is -0.467. The van der Waals surface area contributed by atoms with Gasteiger partial charge in [0.25, 0.3) is 0 Å². The maximum absolute atomic E-state index is 13.4. The van der Waals surface area contributed by atoms with Gasteiger partial charge in [0.1, 0.15) is 17.5 Å². The number of aromatic nitrogens is 2. The quantitative estimate of drug-likeness (QED) is 0.253. The fourth-order valence-electron chi connectivity index (χ4n) is 4.56. The molecule has 0 saturated heterocycles. The molecular formula is C27H22N2O2. The van der Waals surface area contributed by atoms with Crippen LogP contribution in [0.4, 0.5) is 0 Å². The van der Waals surface area contributed by atoms with Crippen molar-refractivity contribution in [3.8, 4) is 0 Å². The second-order valence-corrected chi connectivity index (χ2v) is 7.96. The summed E-state index contributed by atoms with van der Waals surface area (Å²) in [4.78, 5) is 29.0. The zero-order chi connectivity index (χ0) is 21.3. The maximum atomic E-state index is 13.4. The van der Waals surface area contributed by atoms with Crippen molar-refractivity contribution in [3.63, 3.8) is 0 Å². The van der Waals surface area contributed by atoms with E-state index in [1.807, 2.05) is 59.2 Å². The molecule has 1 aromatic heterocycles. The van der Waals surface area contributed by atoms with Gasteiger partial charge in [0.15, 0.2) is 5.78 Å². The summed E-state index contributed by atoms with van der Waals surface area (Å²) in [5.41, 5.74) is 2.83. The second-order valence-electron chi connectivity index (χ2n) is 7.96. The molecule has 0 aliphatic heterocycles. The Balaban J connectivity index is 1.82. The number of benzene rings is 3. The Morgan fingerprint density at radius 1 is 0.839 bits per heavy atom. The summed E-state index contributed by atoms with van der Waals surface area (Å²) in [7, 11) is 0. The zero-order valence-corrected chi connectivity index (χ0v) is 17.0. The topological polar surface area (TPSA) is 52.0 Å². The summed E-state index contributed by atoms with van der Waals surface area (Å²) >= 11 is 0. The number of carbonyl (C=O) groups excluding carboxylic acids is 2. The fraction of sp³-hybridized carbons (Fsp3) is 0.148. The highest BCUT2D eigenvalue weighted by Gasteiger charge is 2.46. The first-order valence-electron chi connectivity index (χ1n) is 10.5. The molecule has 1 aliphatic carbocycles. The van der Waals surface area contributed by atoms with E-state index in [0.29, 0.717) is 12.1 Å². The highest BCUT2D eigenvalue weighted by Crippen LogP contribution is 2.44. The SMILES string of the molecule is O=C[C@@H]1C[C@@H]1C(=O)c1cncn1C(c1ccccc1)(c1ccccc1)c1ccccc1. The van der Waals surface area contributed by atoms with Crippen molar-refractivity contribution in [2.75, 3.05) is 0 Å². The summed E-state index contributed by atoms with van der Waals surface area (Å²) < 4.78 is 1.98. The van der Waals surface area contributed by atoms with E-state index in [4.69, 9.17) is 0 Å². The predicted octanol–water partition coefficient (Wildman–Crippen LogP) is 4.74. The Labute approximate surface area is 181 Å². The van der Waals surface area contributed by atoms with Crippen molar-refractivity contribution in [3.05, 3.63) is 126 Å².